The van der Waals surface area contributed by atoms with Gasteiger partial charge in [-0.25, -0.2) is 0 Å². The van der Waals surface area contributed by atoms with Crippen molar-refractivity contribution in [2.45, 2.75) is 129 Å². The zero-order valence-corrected chi connectivity index (χ0v) is 22.5. The molecule has 0 saturated heterocycles. The van der Waals surface area contributed by atoms with Crippen LogP contribution in [-0.2, 0) is 14.1 Å². The molecule has 0 fully saturated rings. The highest BCUT2D eigenvalue weighted by atomic mass is 31.1. The van der Waals surface area contributed by atoms with Crippen molar-refractivity contribution in [1.29, 1.82) is 0 Å². The average Bonchev–Trinajstić information content (AvgIpc) is 2.71. The molecule has 0 saturated carbocycles. The fourth-order valence-corrected chi connectivity index (χ4v) is 4.46. The summed E-state index contributed by atoms with van der Waals surface area (Å²) in [5.74, 6) is 0.149. The van der Waals surface area contributed by atoms with Crippen LogP contribution in [0.5, 0.6) is 0 Å². The molecule has 0 heterocycles. The van der Waals surface area contributed by atoms with E-state index in [2.05, 4.69) is 35.0 Å². The molecule has 5 heteroatoms. The monoisotopic (exact) mass is 458 g/mol. The number of likely N-dealkylation sites (N-methyl/N-ethyl adjacent to an activating group) is 1. The first-order chi connectivity index (χ1) is 14.8. The van der Waals surface area contributed by atoms with Gasteiger partial charge in [-0.15, -0.1) is 0 Å². The zero-order valence-electron chi connectivity index (χ0n) is 21.5. The summed E-state index contributed by atoms with van der Waals surface area (Å²) in [7, 11) is 5.98. The Bertz CT molecular complexity index is 448. The lowest BCUT2D eigenvalue weighted by atomic mass is 10.0. The van der Waals surface area contributed by atoms with Gasteiger partial charge in [0.1, 0.15) is 6.54 Å². The van der Waals surface area contributed by atoms with Crippen LogP contribution in [0.3, 0.4) is 0 Å². The Morgan fingerprint density at radius 1 is 0.677 bits per heavy atom. The van der Waals surface area contributed by atoms with Crippen LogP contribution in [0.1, 0.15) is 123 Å². The minimum absolute atomic E-state index is 0.149. The summed E-state index contributed by atoms with van der Waals surface area (Å²) < 4.78 is 6.48. The number of Topliss-reactive ketones (excluding diaryl/α,β-unsaturated/α-hetero) is 1. The van der Waals surface area contributed by atoms with E-state index in [0.717, 1.165) is 25.7 Å². The summed E-state index contributed by atoms with van der Waals surface area (Å²) in [6, 6.07) is 0. The van der Waals surface area contributed by atoms with Gasteiger partial charge in [-0.2, -0.15) is 0 Å². The molecule has 0 aromatic heterocycles. The number of hydrogen-bond acceptors (Lipinski definition) is 3. The molecule has 0 amide bonds. The molecule has 2 atom stereocenters. The lowest BCUT2D eigenvalue weighted by Gasteiger charge is -2.28. The van der Waals surface area contributed by atoms with E-state index < -0.39 is 6.10 Å². The third-order valence-electron chi connectivity index (χ3n) is 5.67. The fourth-order valence-electron chi connectivity index (χ4n) is 3.71. The van der Waals surface area contributed by atoms with Gasteiger partial charge in [0.15, 0.2) is 17.4 Å². The summed E-state index contributed by atoms with van der Waals surface area (Å²) in [4.78, 5) is 24.7. The van der Waals surface area contributed by atoms with E-state index in [1.165, 1.54) is 70.6 Å². The van der Waals surface area contributed by atoms with E-state index in [4.69, 9.17) is 4.52 Å². The molecule has 0 aromatic carbocycles. The van der Waals surface area contributed by atoms with E-state index in [0.29, 0.717) is 23.9 Å². The van der Waals surface area contributed by atoms with Crippen molar-refractivity contribution in [3.63, 3.8) is 0 Å². The minimum Gasteiger partial charge on any atom is -0.338 e. The third kappa shape index (κ3) is 21.3. The molecule has 0 aliphatic carbocycles. The number of unbranched alkanes of at least 4 members (excludes halogenated alkanes) is 13. The topological polar surface area (TPSA) is 43.4 Å². The van der Waals surface area contributed by atoms with E-state index >= 15 is 0 Å². The molecule has 0 radical (unpaired) electrons. The van der Waals surface area contributed by atoms with Gasteiger partial charge in [0.25, 0.3) is 0 Å². The second-order valence-electron chi connectivity index (χ2n) is 10.2. The average molecular weight is 459 g/mol. The molecule has 0 aliphatic rings. The van der Waals surface area contributed by atoms with Crippen LogP contribution in [0.15, 0.2) is 0 Å². The predicted molar refractivity (Wildman–Crippen MR) is 136 cm³/mol. The van der Waals surface area contributed by atoms with Crippen molar-refractivity contribution in [3.05, 3.63) is 0 Å². The van der Waals surface area contributed by atoms with Crippen molar-refractivity contribution in [1.82, 2.24) is 0 Å². The quantitative estimate of drug-likeness (QED) is 0.0908. The lowest BCUT2D eigenvalue weighted by molar-refractivity contribution is -0.872. The maximum atomic E-state index is 12.4. The van der Waals surface area contributed by atoms with Crippen molar-refractivity contribution in [3.8, 4) is 0 Å². The van der Waals surface area contributed by atoms with Gasteiger partial charge in [0, 0.05) is 12.8 Å². The van der Waals surface area contributed by atoms with Crippen LogP contribution in [0.4, 0.5) is 0 Å². The first kappa shape index (κ1) is 30.7. The number of carbonyl (C=O) groups is 2. The molecule has 2 unspecified atom stereocenters. The molecule has 0 aromatic rings. The fraction of sp³-hybridized carbons (Fsp3) is 0.923. The predicted octanol–water partition coefficient (Wildman–Crippen LogP) is 7.44. The molecular formula is C26H53NO3P+. The van der Waals surface area contributed by atoms with Gasteiger partial charge >= 0.3 is 0 Å². The van der Waals surface area contributed by atoms with Gasteiger partial charge in [0.2, 0.25) is 0 Å². The number of rotatable bonds is 23. The van der Waals surface area contributed by atoms with E-state index in [9.17, 15) is 9.59 Å². The molecule has 4 nitrogen and oxygen atoms in total. The summed E-state index contributed by atoms with van der Waals surface area (Å²) in [5.41, 5.74) is 0.165. The van der Waals surface area contributed by atoms with Crippen LogP contribution >= 0.6 is 8.81 Å². The Morgan fingerprint density at radius 2 is 1.13 bits per heavy atom. The Balaban J connectivity index is 3.77. The Labute approximate surface area is 195 Å². The molecule has 0 bridgehead atoms. The number of hydrogen-bond donors (Lipinski definition) is 0. The highest BCUT2D eigenvalue weighted by molar-refractivity contribution is 7.53. The van der Waals surface area contributed by atoms with Gasteiger partial charge in [-0.05, 0) is 12.8 Å². The van der Waals surface area contributed by atoms with Gasteiger partial charge in [-0.1, -0.05) is 97.3 Å². The summed E-state index contributed by atoms with van der Waals surface area (Å²) in [6.45, 7) is 4.98. The summed E-state index contributed by atoms with van der Waals surface area (Å²) in [5, 5.41) is 0. The van der Waals surface area contributed by atoms with Crippen LogP contribution in [0.25, 0.3) is 0 Å². The maximum Gasteiger partial charge on any atom is 0.178 e. The Morgan fingerprint density at radius 3 is 1.58 bits per heavy atom. The Kier molecular flexibility index (Phi) is 20.1. The molecular weight excluding hydrogens is 405 g/mol. The molecule has 0 spiro atoms. The largest absolute Gasteiger partial charge is 0.338 e. The Hall–Kier alpha value is -0.310. The van der Waals surface area contributed by atoms with E-state index in [1.807, 2.05) is 0 Å². The van der Waals surface area contributed by atoms with Gasteiger partial charge < -0.3 is 9.01 Å². The normalized spacial score (nSPS) is 13.2. The minimum atomic E-state index is -0.444. The van der Waals surface area contributed by atoms with E-state index in [-0.39, 0.29) is 20.1 Å². The van der Waals surface area contributed by atoms with Crippen LogP contribution in [0.2, 0.25) is 0 Å². The number of nitrogens with zero attached hydrogens (tertiary/aromatic N) is 1. The number of quaternary nitrogens is 1. The third-order valence-corrected chi connectivity index (χ3v) is 6.55. The summed E-state index contributed by atoms with van der Waals surface area (Å²) >= 11 is 0. The van der Waals surface area contributed by atoms with Crippen LogP contribution < -0.4 is 0 Å². The van der Waals surface area contributed by atoms with Crippen molar-refractivity contribution in [2.75, 3.05) is 27.7 Å². The molecule has 0 rings (SSSR count). The van der Waals surface area contributed by atoms with Crippen molar-refractivity contribution in [2.24, 2.45) is 0 Å². The van der Waals surface area contributed by atoms with Gasteiger partial charge in [-0.3, -0.25) is 9.59 Å². The van der Waals surface area contributed by atoms with Crippen molar-refractivity contribution >= 4 is 20.1 Å². The van der Waals surface area contributed by atoms with E-state index in [1.54, 1.807) is 0 Å². The molecule has 0 aliphatic heterocycles. The standard InChI is InChI=1S/C26H53NO3P/c1-6-8-10-11-12-13-14-15-16-17-18-19-20-22-26(29)31-30-25(23-27(3,4)5)24(28)21-9-7-2/h25,31H,6-23H2,1-5H3/q+1. The number of carbonyl (C=O) groups excluding carboxylic acids is 2. The smallest absolute Gasteiger partial charge is 0.178 e. The van der Waals surface area contributed by atoms with Gasteiger partial charge in [0.05, 0.1) is 30.0 Å². The second kappa shape index (κ2) is 20.3. The first-order valence-corrected chi connectivity index (χ1v) is 14.0. The lowest BCUT2D eigenvalue weighted by Crippen LogP contribution is -2.44. The first-order valence-electron chi connectivity index (χ1n) is 13.1. The molecule has 31 heavy (non-hydrogen) atoms. The SMILES string of the molecule is CCCCCCCCCCCCCCCC(=O)POC(C[N+](C)(C)C)C(=O)CCCC. The summed E-state index contributed by atoms with van der Waals surface area (Å²) in [6.07, 6.45) is 19.6. The second-order valence-corrected chi connectivity index (χ2v) is 11.2. The van der Waals surface area contributed by atoms with Crippen molar-refractivity contribution < 1.29 is 18.6 Å². The maximum absolute atomic E-state index is 12.4. The molecule has 184 valence electrons. The highest BCUT2D eigenvalue weighted by Crippen LogP contribution is 2.23. The molecule has 0 N–H and O–H groups in total. The van der Waals surface area contributed by atoms with Crippen LogP contribution in [0, 0.1) is 0 Å². The highest BCUT2D eigenvalue weighted by Gasteiger charge is 2.26. The van der Waals surface area contributed by atoms with Crippen LogP contribution in [-0.4, -0.2) is 49.6 Å². The zero-order chi connectivity index (χ0) is 23.4. The number of ketones is 1.